The topological polar surface area (TPSA) is 82.1 Å². The number of aliphatic carboxylic acids is 1. The number of hydrogen-bond acceptors (Lipinski definition) is 5. The van der Waals surface area contributed by atoms with E-state index < -0.39 is 23.1 Å². The maximum Gasteiger partial charge on any atom is 0.416 e. The molecule has 10 heteroatoms. The molecule has 2 fully saturated rings. The highest BCUT2D eigenvalue weighted by Crippen LogP contribution is 2.48. The molecule has 1 aromatic carbocycles. The van der Waals surface area contributed by atoms with Gasteiger partial charge < -0.3 is 25.0 Å². The van der Waals surface area contributed by atoms with Gasteiger partial charge in [-0.3, -0.25) is 9.59 Å². The van der Waals surface area contributed by atoms with Crippen molar-refractivity contribution in [3.05, 3.63) is 29.3 Å². The van der Waals surface area contributed by atoms with Crippen molar-refractivity contribution in [3.63, 3.8) is 0 Å². The van der Waals surface area contributed by atoms with Crippen LogP contribution in [-0.4, -0.2) is 65.2 Å². The van der Waals surface area contributed by atoms with Crippen LogP contribution in [0.3, 0.4) is 0 Å². The molecule has 35 heavy (non-hydrogen) atoms. The minimum atomic E-state index is -4.45. The van der Waals surface area contributed by atoms with E-state index in [2.05, 4.69) is 10.2 Å². The molecule has 194 valence electrons. The van der Waals surface area contributed by atoms with Crippen LogP contribution < -0.4 is 10.1 Å². The predicted molar refractivity (Wildman–Crippen MR) is 123 cm³/mol. The van der Waals surface area contributed by atoms with Crippen LogP contribution in [0, 0.1) is 11.3 Å². The average Bonchev–Trinajstić information content (AvgIpc) is 3.28. The van der Waals surface area contributed by atoms with Gasteiger partial charge in [0.2, 0.25) is 5.91 Å². The Morgan fingerprint density at radius 1 is 1.23 bits per heavy atom. The van der Waals surface area contributed by atoms with Crippen LogP contribution in [0.1, 0.15) is 57.1 Å². The highest BCUT2D eigenvalue weighted by molar-refractivity contribution is 5.83. The molecule has 1 aliphatic carbocycles. The summed E-state index contributed by atoms with van der Waals surface area (Å²) in [5, 5.41) is 12.0. The van der Waals surface area contributed by atoms with Crippen molar-refractivity contribution in [2.24, 2.45) is 11.3 Å². The van der Waals surface area contributed by atoms with Gasteiger partial charge in [-0.25, -0.2) is 0 Å². The van der Waals surface area contributed by atoms with Gasteiger partial charge in [0.1, 0.15) is 5.75 Å². The number of carboxylic acids is 1. The Kier molecular flexibility index (Phi) is 7.33. The number of nitrogens with zero attached hydrogens (tertiary/aromatic N) is 2. The van der Waals surface area contributed by atoms with Crippen LogP contribution in [0.2, 0.25) is 0 Å². The fourth-order valence-electron chi connectivity index (χ4n) is 5.89. The maximum atomic E-state index is 13.8. The summed E-state index contributed by atoms with van der Waals surface area (Å²) in [7, 11) is 0. The van der Waals surface area contributed by atoms with Gasteiger partial charge in [0.15, 0.2) is 6.73 Å². The molecule has 0 spiro atoms. The largest absolute Gasteiger partial charge is 0.480 e. The molecule has 1 aromatic rings. The van der Waals surface area contributed by atoms with Gasteiger partial charge in [0.05, 0.1) is 24.1 Å². The molecule has 4 rings (SSSR count). The number of nitrogens with one attached hydrogen (secondary N) is 1. The number of amides is 1. The molecule has 1 saturated carbocycles. The van der Waals surface area contributed by atoms with Crippen molar-refractivity contribution < 1.29 is 32.6 Å². The van der Waals surface area contributed by atoms with Crippen LogP contribution >= 0.6 is 0 Å². The summed E-state index contributed by atoms with van der Waals surface area (Å²) < 4.78 is 45.3. The first-order valence-electron chi connectivity index (χ1n) is 12.3. The number of ether oxygens (including phenoxy) is 1. The SMILES string of the molecule is CC(C)[C@]1(C(=O)N2COc3ccc(C(F)(F)F)cc3C2)CC[C@@H](N2CCC(NCC(=O)O)CC2)C1. The van der Waals surface area contributed by atoms with Crippen molar-refractivity contribution in [2.75, 3.05) is 26.4 Å². The molecule has 0 unspecified atom stereocenters. The summed E-state index contributed by atoms with van der Waals surface area (Å²) in [4.78, 5) is 28.6. The third kappa shape index (κ3) is 5.43. The fourth-order valence-corrected chi connectivity index (χ4v) is 5.89. The Hall–Kier alpha value is -2.33. The van der Waals surface area contributed by atoms with Gasteiger partial charge in [-0.15, -0.1) is 0 Å². The number of alkyl halides is 3. The fraction of sp³-hybridized carbons (Fsp3) is 0.680. The van der Waals surface area contributed by atoms with E-state index in [1.54, 1.807) is 4.90 Å². The number of hydrogen-bond donors (Lipinski definition) is 2. The number of carboxylic acid groups (broad SMARTS) is 1. The summed E-state index contributed by atoms with van der Waals surface area (Å²) >= 11 is 0. The lowest BCUT2D eigenvalue weighted by Crippen LogP contribution is -2.50. The van der Waals surface area contributed by atoms with Gasteiger partial charge in [-0.2, -0.15) is 13.2 Å². The van der Waals surface area contributed by atoms with Gasteiger partial charge in [0.25, 0.3) is 0 Å². The van der Waals surface area contributed by atoms with Gasteiger partial charge in [-0.1, -0.05) is 13.8 Å². The minimum absolute atomic E-state index is 0.0371. The van der Waals surface area contributed by atoms with Crippen LogP contribution in [-0.2, 0) is 22.3 Å². The van der Waals surface area contributed by atoms with Crippen molar-refractivity contribution in [2.45, 2.75) is 70.8 Å². The van der Waals surface area contributed by atoms with E-state index in [1.807, 2.05) is 13.8 Å². The predicted octanol–water partition coefficient (Wildman–Crippen LogP) is 3.72. The molecule has 0 bridgehead atoms. The smallest absolute Gasteiger partial charge is 0.416 e. The van der Waals surface area contributed by atoms with Crippen molar-refractivity contribution >= 4 is 11.9 Å². The Balaban J connectivity index is 1.42. The van der Waals surface area contributed by atoms with E-state index in [4.69, 9.17) is 9.84 Å². The average molecular weight is 498 g/mol. The molecule has 2 heterocycles. The first-order chi connectivity index (χ1) is 16.5. The highest BCUT2D eigenvalue weighted by Gasteiger charge is 2.51. The van der Waals surface area contributed by atoms with Gasteiger partial charge in [-0.05, 0) is 69.3 Å². The van der Waals surface area contributed by atoms with E-state index >= 15 is 0 Å². The zero-order valence-corrected chi connectivity index (χ0v) is 20.2. The Bertz CT molecular complexity index is 946. The summed E-state index contributed by atoms with van der Waals surface area (Å²) in [5.74, 6) is -0.430. The number of benzene rings is 1. The number of carbonyl (C=O) groups excluding carboxylic acids is 1. The second-order valence-electron chi connectivity index (χ2n) is 10.4. The number of halogens is 3. The Morgan fingerprint density at radius 3 is 2.57 bits per heavy atom. The minimum Gasteiger partial charge on any atom is -0.480 e. The second-order valence-corrected chi connectivity index (χ2v) is 10.4. The summed E-state index contributed by atoms with van der Waals surface area (Å²) in [6, 6.07) is 3.87. The molecular weight excluding hydrogens is 463 g/mol. The quantitative estimate of drug-likeness (QED) is 0.624. The maximum absolute atomic E-state index is 13.8. The van der Waals surface area contributed by atoms with Crippen LogP contribution in [0.25, 0.3) is 0 Å². The van der Waals surface area contributed by atoms with Gasteiger partial charge >= 0.3 is 12.1 Å². The van der Waals surface area contributed by atoms with Crippen molar-refractivity contribution in [3.8, 4) is 5.75 Å². The standard InChI is InChI=1S/C25H34F3N3O4/c1-16(2)24(8-5-20(12-24)30-9-6-19(7-10-30)29-13-22(32)33)23(34)31-14-17-11-18(25(26,27)28)3-4-21(17)35-15-31/h3-4,11,16,19-20,29H,5-10,12-15H2,1-2H3,(H,32,33)/t20-,24+/m1/s1. The first-order valence-corrected chi connectivity index (χ1v) is 12.3. The zero-order chi connectivity index (χ0) is 25.4. The number of fused-ring (bicyclic) bond motifs is 1. The molecule has 2 N–H and O–H groups in total. The highest BCUT2D eigenvalue weighted by atomic mass is 19.4. The molecule has 0 aromatic heterocycles. The number of rotatable bonds is 6. The summed E-state index contributed by atoms with van der Waals surface area (Å²) in [5.41, 5.74) is -0.940. The molecule has 2 aliphatic heterocycles. The van der Waals surface area contributed by atoms with E-state index in [-0.39, 0.29) is 43.7 Å². The molecule has 3 aliphatic rings. The van der Waals surface area contributed by atoms with Crippen molar-refractivity contribution in [1.82, 2.24) is 15.1 Å². The zero-order valence-electron chi connectivity index (χ0n) is 20.2. The van der Waals surface area contributed by atoms with Crippen LogP contribution in [0.4, 0.5) is 13.2 Å². The monoisotopic (exact) mass is 497 g/mol. The summed E-state index contributed by atoms with van der Waals surface area (Å²) in [6.45, 7) is 5.90. The van der Waals surface area contributed by atoms with E-state index in [0.717, 1.165) is 50.9 Å². The Morgan fingerprint density at radius 2 is 1.94 bits per heavy atom. The van der Waals surface area contributed by atoms with Gasteiger partial charge in [0, 0.05) is 17.6 Å². The van der Waals surface area contributed by atoms with E-state index in [9.17, 15) is 22.8 Å². The lowest BCUT2D eigenvalue weighted by molar-refractivity contribution is -0.150. The lowest BCUT2D eigenvalue weighted by Gasteiger charge is -2.41. The number of likely N-dealkylation sites (tertiary alicyclic amines) is 1. The Labute approximate surface area is 203 Å². The normalized spacial score (nSPS) is 26.0. The van der Waals surface area contributed by atoms with Crippen LogP contribution in [0.15, 0.2) is 18.2 Å². The molecule has 2 atom stereocenters. The lowest BCUT2D eigenvalue weighted by atomic mass is 9.74. The number of carbonyl (C=O) groups is 2. The van der Waals surface area contributed by atoms with Crippen LogP contribution in [0.5, 0.6) is 5.75 Å². The molecule has 0 radical (unpaired) electrons. The number of piperidine rings is 1. The van der Waals surface area contributed by atoms with E-state index in [1.165, 1.54) is 6.07 Å². The van der Waals surface area contributed by atoms with Crippen molar-refractivity contribution in [1.29, 1.82) is 0 Å². The third-order valence-electron chi connectivity index (χ3n) is 8.05. The molecule has 1 saturated heterocycles. The molecular formula is C25H34F3N3O4. The molecule has 7 nitrogen and oxygen atoms in total. The third-order valence-corrected chi connectivity index (χ3v) is 8.05. The first kappa shape index (κ1) is 25.8. The molecule has 1 amide bonds. The summed E-state index contributed by atoms with van der Waals surface area (Å²) in [6.07, 6.45) is -0.383. The second kappa shape index (κ2) is 9.97. The van der Waals surface area contributed by atoms with E-state index in [0.29, 0.717) is 17.7 Å².